The number of aromatic hydroxyl groups is 2. The quantitative estimate of drug-likeness (QED) is 0.736. The second-order valence-electron chi connectivity index (χ2n) is 8.16. The molecule has 5 rings (SSSR count). The van der Waals surface area contributed by atoms with E-state index in [9.17, 15) is 10.2 Å². The molecule has 0 bridgehead atoms. The number of benzene rings is 1. The maximum absolute atomic E-state index is 10.0. The normalized spacial score (nSPS) is 23.8. The van der Waals surface area contributed by atoms with Gasteiger partial charge in [0.05, 0.1) is 5.52 Å². The van der Waals surface area contributed by atoms with E-state index < -0.39 is 0 Å². The molecule has 5 heteroatoms. The Morgan fingerprint density at radius 1 is 0.962 bits per heavy atom. The van der Waals surface area contributed by atoms with Crippen LogP contribution in [-0.2, 0) is 12.8 Å². The van der Waals surface area contributed by atoms with Gasteiger partial charge in [-0.1, -0.05) is 0 Å². The molecular weight excluding hydrogens is 326 g/mol. The Hall–Kier alpha value is -2.01. The predicted molar refractivity (Wildman–Crippen MR) is 103 cm³/mol. The van der Waals surface area contributed by atoms with Crippen molar-refractivity contribution in [2.45, 2.75) is 63.5 Å². The SMILES string of the molecule is Oc1cc2nc3c(c(N[C@H]4CCCN(C5CC5)CC4)c2cc1O)CCC3. The summed E-state index contributed by atoms with van der Waals surface area (Å²) in [6, 6.07) is 4.58. The third-order valence-electron chi connectivity index (χ3n) is 6.28. The van der Waals surface area contributed by atoms with Gasteiger partial charge in [0.25, 0.3) is 0 Å². The van der Waals surface area contributed by atoms with Crippen molar-refractivity contribution in [2.24, 2.45) is 0 Å². The highest BCUT2D eigenvalue weighted by molar-refractivity contribution is 5.96. The molecule has 1 saturated heterocycles. The molecular formula is C21H27N3O2. The Morgan fingerprint density at radius 2 is 1.81 bits per heavy atom. The average molecular weight is 353 g/mol. The number of nitrogens with zero attached hydrogens (tertiary/aromatic N) is 2. The first kappa shape index (κ1) is 16.2. The van der Waals surface area contributed by atoms with Crippen molar-refractivity contribution in [3.8, 4) is 11.5 Å². The van der Waals surface area contributed by atoms with E-state index in [2.05, 4.69) is 10.2 Å². The number of pyridine rings is 1. The average Bonchev–Trinajstić information content (AvgIpc) is 3.39. The topological polar surface area (TPSA) is 68.6 Å². The molecule has 2 aliphatic carbocycles. The summed E-state index contributed by atoms with van der Waals surface area (Å²) >= 11 is 0. The van der Waals surface area contributed by atoms with Crippen molar-refractivity contribution >= 4 is 16.6 Å². The Balaban J connectivity index is 1.48. The third kappa shape index (κ3) is 2.88. The van der Waals surface area contributed by atoms with Crippen LogP contribution in [0.15, 0.2) is 12.1 Å². The van der Waals surface area contributed by atoms with Crippen molar-refractivity contribution in [3.05, 3.63) is 23.4 Å². The molecule has 0 spiro atoms. The molecule has 3 N–H and O–H groups in total. The first-order chi connectivity index (χ1) is 12.7. The number of hydrogen-bond donors (Lipinski definition) is 3. The molecule has 1 aliphatic heterocycles. The summed E-state index contributed by atoms with van der Waals surface area (Å²) in [6.07, 6.45) is 9.53. The van der Waals surface area contributed by atoms with E-state index in [0.29, 0.717) is 6.04 Å². The third-order valence-corrected chi connectivity index (χ3v) is 6.28. The van der Waals surface area contributed by atoms with Crippen LogP contribution in [0.4, 0.5) is 5.69 Å². The summed E-state index contributed by atoms with van der Waals surface area (Å²) in [6.45, 7) is 2.41. The van der Waals surface area contributed by atoms with Crippen molar-refractivity contribution < 1.29 is 10.2 Å². The van der Waals surface area contributed by atoms with E-state index >= 15 is 0 Å². The van der Waals surface area contributed by atoms with Gasteiger partial charge in [0.15, 0.2) is 11.5 Å². The molecule has 0 amide bonds. The van der Waals surface area contributed by atoms with Crippen LogP contribution in [0, 0.1) is 0 Å². The van der Waals surface area contributed by atoms with E-state index in [1.807, 2.05) is 0 Å². The lowest BCUT2D eigenvalue weighted by atomic mass is 10.0. The number of fused-ring (bicyclic) bond motifs is 2. The standard InChI is InChI=1S/C21H27N3O2/c25-19-11-16-18(12-20(19)26)23-17-5-1-4-15(17)21(16)22-13-3-2-9-24(10-8-13)14-6-7-14/h11-14,25-26H,1-10H2,(H,22,23)/t13-/m0/s1. The van der Waals surface area contributed by atoms with Crippen LogP contribution in [0.3, 0.4) is 0 Å². The van der Waals surface area contributed by atoms with Gasteiger partial charge in [-0.25, -0.2) is 0 Å². The van der Waals surface area contributed by atoms with Gasteiger partial charge in [-0.15, -0.1) is 0 Å². The van der Waals surface area contributed by atoms with Crippen molar-refractivity contribution in [1.29, 1.82) is 0 Å². The van der Waals surface area contributed by atoms with E-state index in [-0.39, 0.29) is 11.5 Å². The zero-order valence-corrected chi connectivity index (χ0v) is 15.2. The second-order valence-corrected chi connectivity index (χ2v) is 8.16. The smallest absolute Gasteiger partial charge is 0.159 e. The number of hydrogen-bond acceptors (Lipinski definition) is 5. The molecule has 0 radical (unpaired) electrons. The van der Waals surface area contributed by atoms with Crippen molar-refractivity contribution in [1.82, 2.24) is 9.88 Å². The maximum atomic E-state index is 10.0. The number of nitrogens with one attached hydrogen (secondary N) is 1. The summed E-state index contributed by atoms with van der Waals surface area (Å²) < 4.78 is 0. The van der Waals surface area contributed by atoms with Crippen LogP contribution < -0.4 is 5.32 Å². The van der Waals surface area contributed by atoms with Gasteiger partial charge in [0.1, 0.15) is 0 Å². The fraction of sp³-hybridized carbons (Fsp3) is 0.571. The molecule has 2 heterocycles. The lowest BCUT2D eigenvalue weighted by Gasteiger charge is -2.23. The molecule has 3 aliphatic rings. The largest absolute Gasteiger partial charge is 0.504 e. The molecule has 5 nitrogen and oxygen atoms in total. The minimum absolute atomic E-state index is 0.0685. The predicted octanol–water partition coefficient (Wildman–Crippen LogP) is 3.56. The molecule has 138 valence electrons. The number of aryl methyl sites for hydroxylation is 1. The Labute approximate surface area is 154 Å². The highest BCUT2D eigenvalue weighted by atomic mass is 16.3. The number of aromatic nitrogens is 1. The van der Waals surface area contributed by atoms with E-state index in [4.69, 9.17) is 4.98 Å². The van der Waals surface area contributed by atoms with Crippen molar-refractivity contribution in [3.63, 3.8) is 0 Å². The minimum Gasteiger partial charge on any atom is -0.504 e. The molecule has 0 unspecified atom stereocenters. The molecule has 2 fully saturated rings. The van der Waals surface area contributed by atoms with Crippen molar-refractivity contribution in [2.75, 3.05) is 18.4 Å². The minimum atomic E-state index is -0.0940. The van der Waals surface area contributed by atoms with Gasteiger partial charge in [-0.05, 0) is 69.5 Å². The van der Waals surface area contributed by atoms with E-state index in [0.717, 1.165) is 47.6 Å². The first-order valence-corrected chi connectivity index (χ1v) is 10.1. The molecule has 1 atom stereocenters. The van der Waals surface area contributed by atoms with Gasteiger partial charge >= 0.3 is 0 Å². The summed E-state index contributed by atoms with van der Waals surface area (Å²) in [5, 5.41) is 24.7. The van der Waals surface area contributed by atoms with Gasteiger partial charge in [0, 0.05) is 41.5 Å². The van der Waals surface area contributed by atoms with Crippen LogP contribution in [0.5, 0.6) is 11.5 Å². The summed E-state index contributed by atoms with van der Waals surface area (Å²) in [5.74, 6) is -0.162. The maximum Gasteiger partial charge on any atom is 0.159 e. The van der Waals surface area contributed by atoms with E-state index in [1.165, 1.54) is 50.8 Å². The lowest BCUT2D eigenvalue weighted by molar-refractivity contribution is 0.274. The molecule has 26 heavy (non-hydrogen) atoms. The fourth-order valence-electron chi connectivity index (χ4n) is 4.72. The molecule has 1 saturated carbocycles. The summed E-state index contributed by atoms with van der Waals surface area (Å²) in [5.41, 5.74) is 4.38. The van der Waals surface area contributed by atoms with Gasteiger partial charge in [-0.2, -0.15) is 0 Å². The molecule has 2 aromatic rings. The first-order valence-electron chi connectivity index (χ1n) is 10.1. The molecule has 1 aromatic carbocycles. The van der Waals surface area contributed by atoms with Gasteiger partial charge in [-0.3, -0.25) is 4.98 Å². The highest BCUT2D eigenvalue weighted by Crippen LogP contribution is 2.39. The number of anilines is 1. The van der Waals surface area contributed by atoms with Gasteiger partial charge < -0.3 is 20.4 Å². The van der Waals surface area contributed by atoms with Crippen LogP contribution in [-0.4, -0.2) is 45.3 Å². The number of likely N-dealkylation sites (tertiary alicyclic amines) is 1. The van der Waals surface area contributed by atoms with Crippen LogP contribution >= 0.6 is 0 Å². The Morgan fingerprint density at radius 3 is 2.65 bits per heavy atom. The van der Waals surface area contributed by atoms with Gasteiger partial charge in [0.2, 0.25) is 0 Å². The van der Waals surface area contributed by atoms with E-state index in [1.54, 1.807) is 12.1 Å². The van der Waals surface area contributed by atoms with Crippen LogP contribution in [0.2, 0.25) is 0 Å². The van der Waals surface area contributed by atoms with Crippen LogP contribution in [0.25, 0.3) is 10.9 Å². The monoisotopic (exact) mass is 353 g/mol. The highest BCUT2D eigenvalue weighted by Gasteiger charge is 2.31. The molecule has 1 aromatic heterocycles. The number of rotatable bonds is 3. The Kier molecular flexibility index (Phi) is 3.92. The second kappa shape index (κ2) is 6.31. The summed E-state index contributed by atoms with van der Waals surface area (Å²) in [4.78, 5) is 7.42. The summed E-state index contributed by atoms with van der Waals surface area (Å²) in [7, 11) is 0. The number of phenols is 2. The zero-order valence-electron chi connectivity index (χ0n) is 15.2. The fourth-order valence-corrected chi connectivity index (χ4v) is 4.72. The lowest BCUT2D eigenvalue weighted by Crippen LogP contribution is -2.28. The van der Waals surface area contributed by atoms with Crippen LogP contribution in [0.1, 0.15) is 49.8 Å². The Bertz CT molecular complexity index is 847. The number of phenolic OH excluding ortho intramolecular Hbond substituents is 2. The zero-order chi connectivity index (χ0) is 17.7.